The first-order valence-corrected chi connectivity index (χ1v) is 16.0. The lowest BCUT2D eigenvalue weighted by molar-refractivity contribution is 0.564. The minimum absolute atomic E-state index is 0.144. The number of aromatic nitrogens is 2. The largest absolute Gasteiger partial charge is 0.235 e. The Hall–Kier alpha value is -2.61. The molecule has 0 saturated heterocycles. The number of fused-ring (bicyclic) bond motifs is 1. The molecule has 0 aliphatic heterocycles. The number of nitrogens with one attached hydrogen (secondary N) is 1. The summed E-state index contributed by atoms with van der Waals surface area (Å²) >= 11 is 19.2. The summed E-state index contributed by atoms with van der Waals surface area (Å²) in [6.07, 6.45) is 6.17. The normalized spacial score (nSPS) is 16.6. The third-order valence-corrected chi connectivity index (χ3v) is 9.17. The predicted octanol–water partition coefficient (Wildman–Crippen LogP) is 8.54. The lowest BCUT2D eigenvalue weighted by atomic mass is 9.91. The average Bonchev–Trinajstić information content (AvgIpc) is 3.14. The molecule has 0 bridgehead atoms. The zero-order chi connectivity index (χ0) is 28.3. The second-order valence-electron chi connectivity index (χ2n) is 10.1. The lowest BCUT2D eigenvalue weighted by Gasteiger charge is -2.19. The van der Waals surface area contributed by atoms with E-state index < -0.39 is 10.0 Å². The second kappa shape index (κ2) is 12.5. The molecule has 208 valence electrons. The topological polar surface area (TPSA) is 64.0 Å². The van der Waals surface area contributed by atoms with Crippen molar-refractivity contribution in [3.8, 4) is 5.69 Å². The van der Waals surface area contributed by atoms with Gasteiger partial charge in [0.2, 0.25) is 10.0 Å². The van der Waals surface area contributed by atoms with Crippen LogP contribution in [-0.2, 0) is 22.9 Å². The smallest absolute Gasteiger partial charge is 0.234 e. The molecule has 0 amide bonds. The molecule has 0 fully saturated rings. The summed E-state index contributed by atoms with van der Waals surface area (Å²) in [5.41, 5.74) is 5.44. The summed E-state index contributed by atoms with van der Waals surface area (Å²) in [4.78, 5) is 0. The minimum Gasteiger partial charge on any atom is -0.235 e. The first-order valence-electron chi connectivity index (χ1n) is 13.3. The highest BCUT2D eigenvalue weighted by Crippen LogP contribution is 2.38. The molecule has 1 aliphatic rings. The monoisotopic (exact) mass is 613 g/mol. The molecule has 3 aromatic carbocycles. The summed E-state index contributed by atoms with van der Waals surface area (Å²) in [6.45, 7) is 1.82. The van der Waals surface area contributed by atoms with E-state index in [1.165, 1.54) is 5.41 Å². The van der Waals surface area contributed by atoms with Gasteiger partial charge in [-0.3, -0.25) is 0 Å². The fourth-order valence-corrected chi connectivity index (χ4v) is 7.07. The van der Waals surface area contributed by atoms with Crippen LogP contribution in [-0.4, -0.2) is 18.2 Å². The SMILES string of the molecule is C[C@H](NS(=O)(=O)/C=C/c1nn(-c2ccc(Cl)cc2Cl)c2c1CCCCC2Cc1cccc(Cl)c1)c1ccccc1. The molecule has 5 rings (SSSR count). The van der Waals surface area contributed by atoms with Crippen molar-refractivity contribution >= 4 is 50.9 Å². The van der Waals surface area contributed by atoms with Gasteiger partial charge in [0.25, 0.3) is 0 Å². The number of hydrogen-bond donors (Lipinski definition) is 1. The van der Waals surface area contributed by atoms with Gasteiger partial charge in [0.1, 0.15) is 0 Å². The van der Waals surface area contributed by atoms with Crippen molar-refractivity contribution < 1.29 is 8.42 Å². The van der Waals surface area contributed by atoms with Crippen LogP contribution < -0.4 is 4.72 Å². The molecule has 5 nitrogen and oxygen atoms in total. The van der Waals surface area contributed by atoms with Gasteiger partial charge < -0.3 is 0 Å². The van der Waals surface area contributed by atoms with Crippen LogP contribution in [0.4, 0.5) is 0 Å². The van der Waals surface area contributed by atoms with E-state index in [1.807, 2.05) is 66.2 Å². The van der Waals surface area contributed by atoms with E-state index in [4.69, 9.17) is 39.9 Å². The van der Waals surface area contributed by atoms with E-state index in [9.17, 15) is 8.42 Å². The van der Waals surface area contributed by atoms with E-state index in [-0.39, 0.29) is 12.0 Å². The van der Waals surface area contributed by atoms with Gasteiger partial charge in [0.15, 0.2) is 0 Å². The van der Waals surface area contributed by atoms with Crippen molar-refractivity contribution in [1.29, 1.82) is 0 Å². The fraction of sp³-hybridized carbons (Fsp3) is 0.258. The molecule has 40 heavy (non-hydrogen) atoms. The van der Waals surface area contributed by atoms with Crippen molar-refractivity contribution in [3.05, 3.63) is 121 Å². The highest BCUT2D eigenvalue weighted by Gasteiger charge is 2.28. The van der Waals surface area contributed by atoms with Crippen LogP contribution in [0, 0.1) is 0 Å². The van der Waals surface area contributed by atoms with Gasteiger partial charge >= 0.3 is 0 Å². The maximum atomic E-state index is 13.0. The van der Waals surface area contributed by atoms with E-state index in [0.29, 0.717) is 26.4 Å². The Bertz CT molecular complexity index is 1640. The predicted molar refractivity (Wildman–Crippen MR) is 165 cm³/mol. The Morgan fingerprint density at radius 2 is 1.77 bits per heavy atom. The number of halogens is 3. The van der Waals surface area contributed by atoms with Crippen molar-refractivity contribution in [2.75, 3.05) is 0 Å². The zero-order valence-electron chi connectivity index (χ0n) is 22.0. The molecule has 1 aromatic heterocycles. The summed E-state index contributed by atoms with van der Waals surface area (Å²) in [7, 11) is -3.74. The molecule has 1 unspecified atom stereocenters. The van der Waals surface area contributed by atoms with Crippen LogP contribution in [0.15, 0.2) is 78.2 Å². The molecule has 0 spiro atoms. The molecule has 1 aliphatic carbocycles. The van der Waals surface area contributed by atoms with Gasteiger partial charge in [-0.25, -0.2) is 17.8 Å². The molecule has 1 N–H and O–H groups in total. The lowest BCUT2D eigenvalue weighted by Crippen LogP contribution is -2.24. The van der Waals surface area contributed by atoms with Crippen molar-refractivity contribution in [3.63, 3.8) is 0 Å². The Labute approximate surface area is 250 Å². The van der Waals surface area contributed by atoms with Crippen molar-refractivity contribution in [2.45, 2.75) is 51.0 Å². The van der Waals surface area contributed by atoms with E-state index in [1.54, 1.807) is 18.2 Å². The van der Waals surface area contributed by atoms with E-state index in [0.717, 1.165) is 54.5 Å². The molecular formula is C31H30Cl3N3O2S. The first-order chi connectivity index (χ1) is 19.2. The van der Waals surface area contributed by atoms with Crippen LogP contribution in [0.2, 0.25) is 15.1 Å². The molecule has 4 aromatic rings. The maximum Gasteiger partial charge on any atom is 0.234 e. The fourth-order valence-electron chi connectivity index (χ4n) is 5.35. The van der Waals surface area contributed by atoms with Gasteiger partial charge in [-0.1, -0.05) is 83.7 Å². The van der Waals surface area contributed by atoms with Gasteiger partial charge in [-0.05, 0) is 80.1 Å². The average molecular weight is 615 g/mol. The van der Waals surface area contributed by atoms with Crippen LogP contribution in [0.3, 0.4) is 0 Å². The number of sulfonamides is 1. The third-order valence-electron chi connectivity index (χ3n) is 7.23. The highest BCUT2D eigenvalue weighted by atomic mass is 35.5. The van der Waals surface area contributed by atoms with E-state index >= 15 is 0 Å². The summed E-state index contributed by atoms with van der Waals surface area (Å²) in [5, 5.41) is 7.85. The van der Waals surface area contributed by atoms with Gasteiger partial charge in [0, 0.05) is 33.0 Å². The Kier molecular flexibility index (Phi) is 9.03. The second-order valence-corrected chi connectivity index (χ2v) is 13.0. The van der Waals surface area contributed by atoms with Crippen molar-refractivity contribution in [1.82, 2.24) is 14.5 Å². The third kappa shape index (κ3) is 6.81. The number of hydrogen-bond acceptors (Lipinski definition) is 3. The standard InChI is InChI=1S/C31H30Cl3N3O2S/c1-21(23-9-3-2-4-10-23)36-40(38,39)17-16-29-27-13-6-5-11-24(18-22-8-7-12-25(32)19-22)31(27)37(35-29)30-15-14-26(33)20-28(30)34/h2-4,7-10,12,14-17,19-21,24,36H,5-6,11,13,18H2,1H3/b17-16+/t21-,24?/m0/s1. The Balaban J connectivity index is 1.55. The molecule has 2 atom stereocenters. The van der Waals surface area contributed by atoms with Crippen molar-refractivity contribution in [2.24, 2.45) is 0 Å². The van der Waals surface area contributed by atoms with Crippen LogP contribution in [0.1, 0.15) is 66.2 Å². The van der Waals surface area contributed by atoms with Gasteiger partial charge in [-0.2, -0.15) is 5.10 Å². The number of nitrogens with zero attached hydrogens (tertiary/aromatic N) is 2. The summed E-state index contributed by atoms with van der Waals surface area (Å²) in [5.74, 6) is 0.144. The Morgan fingerprint density at radius 1 is 1.00 bits per heavy atom. The van der Waals surface area contributed by atoms with Crippen LogP contribution >= 0.6 is 34.8 Å². The van der Waals surface area contributed by atoms with Gasteiger partial charge in [-0.15, -0.1) is 0 Å². The minimum atomic E-state index is -3.74. The van der Waals surface area contributed by atoms with Gasteiger partial charge in [0.05, 0.1) is 22.1 Å². The number of benzene rings is 3. The molecule has 0 radical (unpaired) electrons. The maximum absolute atomic E-state index is 13.0. The first kappa shape index (κ1) is 28.9. The molecule has 9 heteroatoms. The molecule has 0 saturated carbocycles. The Morgan fingerprint density at radius 3 is 2.52 bits per heavy atom. The summed E-state index contributed by atoms with van der Waals surface area (Å²) < 4.78 is 30.7. The van der Waals surface area contributed by atoms with Crippen LogP contribution in [0.5, 0.6) is 0 Å². The summed E-state index contributed by atoms with van der Waals surface area (Å²) in [6, 6.07) is 22.4. The zero-order valence-corrected chi connectivity index (χ0v) is 25.1. The molecule has 1 heterocycles. The quantitative estimate of drug-likeness (QED) is 0.202. The molecular weight excluding hydrogens is 585 g/mol. The van der Waals surface area contributed by atoms with E-state index in [2.05, 4.69) is 10.8 Å². The number of rotatable bonds is 8. The van der Waals surface area contributed by atoms with Crippen LogP contribution in [0.25, 0.3) is 11.8 Å². The highest BCUT2D eigenvalue weighted by molar-refractivity contribution is 7.92.